The zero-order chi connectivity index (χ0) is 13.7. The SMILES string of the molecule is CCC(O)CCCOc1cccc2ccc(C)nc12. The van der Waals surface area contributed by atoms with Crippen LogP contribution in [0.5, 0.6) is 5.75 Å². The van der Waals surface area contributed by atoms with E-state index >= 15 is 0 Å². The van der Waals surface area contributed by atoms with Gasteiger partial charge in [0.2, 0.25) is 0 Å². The lowest BCUT2D eigenvalue weighted by Crippen LogP contribution is -2.07. The molecule has 0 fully saturated rings. The molecule has 0 saturated carbocycles. The number of aliphatic hydroxyl groups is 1. The van der Waals surface area contributed by atoms with Crippen LogP contribution in [-0.4, -0.2) is 22.8 Å². The Kier molecular flexibility index (Phi) is 4.74. The van der Waals surface area contributed by atoms with E-state index in [0.717, 1.165) is 41.6 Å². The number of hydrogen-bond acceptors (Lipinski definition) is 3. The fraction of sp³-hybridized carbons (Fsp3) is 0.438. The van der Waals surface area contributed by atoms with Gasteiger partial charge >= 0.3 is 0 Å². The number of benzene rings is 1. The van der Waals surface area contributed by atoms with Gasteiger partial charge < -0.3 is 9.84 Å². The average molecular weight is 259 g/mol. The first-order chi connectivity index (χ1) is 9.20. The summed E-state index contributed by atoms with van der Waals surface area (Å²) in [6, 6.07) is 10.0. The minimum atomic E-state index is -0.212. The maximum atomic E-state index is 9.50. The molecular weight excluding hydrogens is 238 g/mol. The monoisotopic (exact) mass is 259 g/mol. The molecule has 1 unspecified atom stereocenters. The summed E-state index contributed by atoms with van der Waals surface area (Å²) in [6.45, 7) is 4.59. The lowest BCUT2D eigenvalue weighted by Gasteiger charge is -2.10. The predicted molar refractivity (Wildman–Crippen MR) is 77.5 cm³/mol. The number of aromatic nitrogens is 1. The van der Waals surface area contributed by atoms with Crippen molar-refractivity contribution < 1.29 is 9.84 Å². The van der Waals surface area contributed by atoms with Crippen LogP contribution in [0.25, 0.3) is 10.9 Å². The number of aryl methyl sites for hydroxylation is 1. The van der Waals surface area contributed by atoms with Crippen molar-refractivity contribution in [2.45, 2.75) is 39.2 Å². The maximum absolute atomic E-state index is 9.50. The van der Waals surface area contributed by atoms with Crippen LogP contribution < -0.4 is 4.74 Å². The first-order valence-corrected chi connectivity index (χ1v) is 6.88. The Labute approximate surface area is 114 Å². The second-order valence-corrected chi connectivity index (χ2v) is 4.83. The molecule has 0 bridgehead atoms. The third-order valence-corrected chi connectivity index (χ3v) is 3.23. The Morgan fingerprint density at radius 2 is 2.11 bits per heavy atom. The van der Waals surface area contributed by atoms with Gasteiger partial charge in [-0.15, -0.1) is 0 Å². The lowest BCUT2D eigenvalue weighted by atomic mass is 10.1. The second kappa shape index (κ2) is 6.53. The van der Waals surface area contributed by atoms with E-state index in [2.05, 4.69) is 11.1 Å². The smallest absolute Gasteiger partial charge is 0.145 e. The Balaban J connectivity index is 2.02. The van der Waals surface area contributed by atoms with Crippen LogP contribution in [0.4, 0.5) is 0 Å². The van der Waals surface area contributed by atoms with E-state index in [1.807, 2.05) is 38.1 Å². The van der Waals surface area contributed by atoms with E-state index in [0.29, 0.717) is 6.61 Å². The van der Waals surface area contributed by atoms with Gasteiger partial charge in [-0.25, -0.2) is 4.98 Å². The van der Waals surface area contributed by atoms with Gasteiger partial charge in [-0.1, -0.05) is 25.1 Å². The summed E-state index contributed by atoms with van der Waals surface area (Å²) >= 11 is 0. The number of hydrogen-bond donors (Lipinski definition) is 1. The predicted octanol–water partition coefficient (Wildman–Crippen LogP) is 3.47. The van der Waals surface area contributed by atoms with Gasteiger partial charge in [-0.05, 0) is 38.3 Å². The van der Waals surface area contributed by atoms with Crippen LogP contribution in [-0.2, 0) is 0 Å². The highest BCUT2D eigenvalue weighted by Crippen LogP contribution is 2.24. The van der Waals surface area contributed by atoms with Crippen LogP contribution in [0.2, 0.25) is 0 Å². The van der Waals surface area contributed by atoms with Crippen molar-refractivity contribution in [3.05, 3.63) is 36.0 Å². The summed E-state index contributed by atoms with van der Waals surface area (Å²) < 4.78 is 5.80. The number of fused-ring (bicyclic) bond motifs is 1. The lowest BCUT2D eigenvalue weighted by molar-refractivity contribution is 0.149. The van der Waals surface area contributed by atoms with Gasteiger partial charge in [0.1, 0.15) is 11.3 Å². The van der Waals surface area contributed by atoms with Crippen LogP contribution in [0.1, 0.15) is 31.9 Å². The minimum Gasteiger partial charge on any atom is -0.491 e. The van der Waals surface area contributed by atoms with Crippen LogP contribution in [0.15, 0.2) is 30.3 Å². The molecule has 0 amide bonds. The van der Waals surface area contributed by atoms with Crippen molar-refractivity contribution in [3.8, 4) is 5.75 Å². The number of para-hydroxylation sites is 1. The van der Waals surface area contributed by atoms with Gasteiger partial charge in [0.25, 0.3) is 0 Å². The first kappa shape index (κ1) is 13.8. The van der Waals surface area contributed by atoms with Crippen LogP contribution in [0.3, 0.4) is 0 Å². The highest BCUT2D eigenvalue weighted by molar-refractivity contribution is 5.84. The minimum absolute atomic E-state index is 0.212. The normalized spacial score (nSPS) is 12.6. The number of aliphatic hydroxyl groups excluding tert-OH is 1. The molecule has 0 aliphatic carbocycles. The van der Waals surface area contributed by atoms with Crippen molar-refractivity contribution in [1.29, 1.82) is 0 Å². The molecular formula is C16H21NO2. The van der Waals surface area contributed by atoms with E-state index in [1.54, 1.807) is 0 Å². The van der Waals surface area contributed by atoms with Crippen molar-refractivity contribution in [1.82, 2.24) is 4.98 Å². The summed E-state index contributed by atoms with van der Waals surface area (Å²) in [5, 5.41) is 10.6. The Morgan fingerprint density at radius 3 is 2.89 bits per heavy atom. The Morgan fingerprint density at radius 1 is 1.26 bits per heavy atom. The Bertz CT molecular complexity index is 539. The molecule has 0 aliphatic rings. The summed E-state index contributed by atoms with van der Waals surface area (Å²) in [4.78, 5) is 4.53. The molecule has 0 radical (unpaired) electrons. The number of rotatable bonds is 6. The quantitative estimate of drug-likeness (QED) is 0.808. The van der Waals surface area contributed by atoms with Crippen LogP contribution >= 0.6 is 0 Å². The standard InChI is InChI=1S/C16H21NO2/c1-3-14(18)7-5-11-19-15-8-4-6-13-10-9-12(2)17-16(13)15/h4,6,8-10,14,18H,3,5,7,11H2,1-2H3. The molecule has 19 heavy (non-hydrogen) atoms. The molecule has 1 heterocycles. The molecule has 102 valence electrons. The maximum Gasteiger partial charge on any atom is 0.145 e. The van der Waals surface area contributed by atoms with Gasteiger partial charge in [-0.3, -0.25) is 0 Å². The molecule has 3 heteroatoms. The van der Waals surface area contributed by atoms with Gasteiger partial charge in [-0.2, -0.15) is 0 Å². The van der Waals surface area contributed by atoms with Gasteiger partial charge in [0.15, 0.2) is 0 Å². The van der Waals surface area contributed by atoms with E-state index < -0.39 is 0 Å². The van der Waals surface area contributed by atoms with Crippen LogP contribution in [0, 0.1) is 6.92 Å². The zero-order valence-corrected chi connectivity index (χ0v) is 11.6. The summed E-state index contributed by atoms with van der Waals surface area (Å²) in [7, 11) is 0. The number of ether oxygens (including phenoxy) is 1. The third-order valence-electron chi connectivity index (χ3n) is 3.23. The molecule has 0 spiro atoms. The molecule has 1 aromatic heterocycles. The van der Waals surface area contributed by atoms with E-state index in [4.69, 9.17) is 4.74 Å². The fourth-order valence-corrected chi connectivity index (χ4v) is 2.04. The van der Waals surface area contributed by atoms with Gasteiger partial charge in [0, 0.05) is 11.1 Å². The molecule has 0 aliphatic heterocycles. The molecule has 3 nitrogen and oxygen atoms in total. The molecule has 2 aromatic rings. The first-order valence-electron chi connectivity index (χ1n) is 6.88. The van der Waals surface area contributed by atoms with Gasteiger partial charge in [0.05, 0.1) is 12.7 Å². The fourth-order valence-electron chi connectivity index (χ4n) is 2.04. The average Bonchev–Trinajstić information content (AvgIpc) is 2.43. The second-order valence-electron chi connectivity index (χ2n) is 4.83. The summed E-state index contributed by atoms with van der Waals surface area (Å²) in [6.07, 6.45) is 2.23. The molecule has 1 N–H and O–H groups in total. The van der Waals surface area contributed by atoms with Crippen molar-refractivity contribution in [2.75, 3.05) is 6.61 Å². The van der Waals surface area contributed by atoms with E-state index in [1.165, 1.54) is 0 Å². The summed E-state index contributed by atoms with van der Waals surface area (Å²) in [5.74, 6) is 0.826. The van der Waals surface area contributed by atoms with Crippen molar-refractivity contribution >= 4 is 10.9 Å². The largest absolute Gasteiger partial charge is 0.491 e. The highest BCUT2D eigenvalue weighted by atomic mass is 16.5. The van der Waals surface area contributed by atoms with E-state index in [9.17, 15) is 5.11 Å². The highest BCUT2D eigenvalue weighted by Gasteiger charge is 2.05. The molecule has 2 rings (SSSR count). The van der Waals surface area contributed by atoms with E-state index in [-0.39, 0.29) is 6.10 Å². The summed E-state index contributed by atoms with van der Waals surface area (Å²) in [5.41, 5.74) is 1.91. The molecule has 1 atom stereocenters. The topological polar surface area (TPSA) is 42.4 Å². The van der Waals surface area contributed by atoms with Crippen molar-refractivity contribution in [2.24, 2.45) is 0 Å². The Hall–Kier alpha value is -1.61. The number of pyridine rings is 1. The van der Waals surface area contributed by atoms with Crippen molar-refractivity contribution in [3.63, 3.8) is 0 Å². The number of nitrogens with zero attached hydrogens (tertiary/aromatic N) is 1. The third kappa shape index (κ3) is 3.67. The zero-order valence-electron chi connectivity index (χ0n) is 11.6. The molecule has 0 saturated heterocycles. The molecule has 1 aromatic carbocycles.